The quantitative estimate of drug-likeness (QED) is 0.669. The lowest BCUT2D eigenvalue weighted by Crippen LogP contribution is -2.08. The van der Waals surface area contributed by atoms with Crippen LogP contribution in [-0.2, 0) is 14.3 Å². The summed E-state index contributed by atoms with van der Waals surface area (Å²) in [5, 5.41) is 0. The SMILES string of the molecule is COC1CC(c2ccccc2)C(=O)O1. The van der Waals surface area contributed by atoms with Crippen LogP contribution in [0, 0.1) is 0 Å². The van der Waals surface area contributed by atoms with Crippen LogP contribution >= 0.6 is 0 Å². The summed E-state index contributed by atoms with van der Waals surface area (Å²) < 4.78 is 10.0. The van der Waals surface area contributed by atoms with Crippen molar-refractivity contribution in [3.05, 3.63) is 35.9 Å². The second kappa shape index (κ2) is 3.80. The summed E-state index contributed by atoms with van der Waals surface area (Å²) in [7, 11) is 1.55. The minimum Gasteiger partial charge on any atom is -0.435 e. The number of benzene rings is 1. The van der Waals surface area contributed by atoms with Crippen molar-refractivity contribution in [1.29, 1.82) is 0 Å². The maximum Gasteiger partial charge on any atom is 0.315 e. The third-order valence-electron chi connectivity index (χ3n) is 2.43. The molecule has 2 atom stereocenters. The largest absolute Gasteiger partial charge is 0.435 e. The third-order valence-corrected chi connectivity index (χ3v) is 2.43. The minimum atomic E-state index is -0.382. The van der Waals surface area contributed by atoms with E-state index in [4.69, 9.17) is 9.47 Å². The molecule has 1 saturated heterocycles. The van der Waals surface area contributed by atoms with E-state index in [-0.39, 0.29) is 18.2 Å². The highest BCUT2D eigenvalue weighted by atomic mass is 16.7. The number of cyclic esters (lactones) is 1. The zero-order valence-electron chi connectivity index (χ0n) is 7.97. The van der Waals surface area contributed by atoms with Crippen LogP contribution in [0.3, 0.4) is 0 Å². The van der Waals surface area contributed by atoms with Gasteiger partial charge in [0.25, 0.3) is 0 Å². The molecule has 3 heteroatoms. The summed E-state index contributed by atoms with van der Waals surface area (Å²) in [5.41, 5.74) is 0.997. The fourth-order valence-corrected chi connectivity index (χ4v) is 1.65. The number of hydrogen-bond acceptors (Lipinski definition) is 3. The Morgan fingerprint density at radius 1 is 1.36 bits per heavy atom. The zero-order valence-corrected chi connectivity index (χ0v) is 7.97. The summed E-state index contributed by atoms with van der Waals surface area (Å²) in [6.45, 7) is 0. The maximum atomic E-state index is 11.4. The Hall–Kier alpha value is -1.35. The highest BCUT2D eigenvalue weighted by molar-refractivity contribution is 5.80. The predicted octanol–water partition coefficient (Wildman–Crippen LogP) is 1.69. The van der Waals surface area contributed by atoms with E-state index in [0.717, 1.165) is 5.56 Å². The highest BCUT2D eigenvalue weighted by Gasteiger charge is 2.35. The first-order valence-corrected chi connectivity index (χ1v) is 4.59. The first-order valence-electron chi connectivity index (χ1n) is 4.59. The molecule has 1 aromatic rings. The standard InChI is InChI=1S/C11H12O3/c1-13-10-7-9(11(12)14-10)8-5-3-2-4-6-8/h2-6,9-10H,7H2,1H3. The summed E-state index contributed by atoms with van der Waals surface area (Å²) in [6.07, 6.45) is 0.229. The average molecular weight is 192 g/mol. The molecule has 2 unspecified atom stereocenters. The van der Waals surface area contributed by atoms with Gasteiger partial charge in [0.1, 0.15) is 0 Å². The molecule has 0 radical (unpaired) electrons. The van der Waals surface area contributed by atoms with E-state index < -0.39 is 0 Å². The van der Waals surface area contributed by atoms with Crippen molar-refractivity contribution in [2.24, 2.45) is 0 Å². The van der Waals surface area contributed by atoms with Crippen molar-refractivity contribution < 1.29 is 14.3 Å². The Morgan fingerprint density at radius 2 is 2.07 bits per heavy atom. The molecule has 0 saturated carbocycles. The van der Waals surface area contributed by atoms with Gasteiger partial charge in [0.2, 0.25) is 6.29 Å². The average Bonchev–Trinajstić information content (AvgIpc) is 2.61. The van der Waals surface area contributed by atoms with Crippen molar-refractivity contribution in [2.45, 2.75) is 18.6 Å². The van der Waals surface area contributed by atoms with Crippen LogP contribution in [0.5, 0.6) is 0 Å². The number of rotatable bonds is 2. The number of esters is 1. The maximum absolute atomic E-state index is 11.4. The van der Waals surface area contributed by atoms with Gasteiger partial charge in [0, 0.05) is 13.5 Å². The Labute approximate surface area is 82.6 Å². The van der Waals surface area contributed by atoms with Crippen LogP contribution in [0.4, 0.5) is 0 Å². The van der Waals surface area contributed by atoms with Gasteiger partial charge >= 0.3 is 5.97 Å². The molecular weight excluding hydrogens is 180 g/mol. The number of methoxy groups -OCH3 is 1. The molecule has 1 aliphatic heterocycles. The lowest BCUT2D eigenvalue weighted by atomic mass is 9.98. The number of ether oxygens (including phenoxy) is 2. The molecule has 74 valence electrons. The van der Waals surface area contributed by atoms with E-state index in [1.165, 1.54) is 0 Å². The van der Waals surface area contributed by atoms with Crippen LogP contribution in [-0.4, -0.2) is 19.4 Å². The molecular formula is C11H12O3. The van der Waals surface area contributed by atoms with E-state index in [2.05, 4.69) is 0 Å². The minimum absolute atomic E-state index is 0.166. The lowest BCUT2D eigenvalue weighted by Gasteiger charge is -2.04. The van der Waals surface area contributed by atoms with E-state index in [1.807, 2.05) is 30.3 Å². The molecule has 0 amide bonds. The van der Waals surface area contributed by atoms with Gasteiger partial charge in [-0.15, -0.1) is 0 Å². The first-order chi connectivity index (χ1) is 6.81. The molecule has 0 N–H and O–H groups in total. The van der Waals surface area contributed by atoms with Gasteiger partial charge in [0.05, 0.1) is 5.92 Å². The monoisotopic (exact) mass is 192 g/mol. The van der Waals surface area contributed by atoms with Crippen molar-refractivity contribution in [1.82, 2.24) is 0 Å². The van der Waals surface area contributed by atoms with Crippen molar-refractivity contribution in [3.8, 4) is 0 Å². The van der Waals surface area contributed by atoms with Gasteiger partial charge in [0.15, 0.2) is 0 Å². The Bertz CT molecular complexity index is 321. The number of hydrogen-bond donors (Lipinski definition) is 0. The van der Waals surface area contributed by atoms with Crippen LogP contribution in [0.2, 0.25) is 0 Å². The molecule has 0 aromatic heterocycles. The molecule has 0 aliphatic carbocycles. The molecule has 1 heterocycles. The summed E-state index contributed by atoms with van der Waals surface area (Å²) in [6, 6.07) is 9.64. The summed E-state index contributed by atoms with van der Waals surface area (Å²) in [4.78, 5) is 11.4. The second-order valence-electron chi connectivity index (χ2n) is 3.30. The second-order valence-corrected chi connectivity index (χ2v) is 3.30. The van der Waals surface area contributed by atoms with E-state index in [0.29, 0.717) is 6.42 Å². The molecule has 14 heavy (non-hydrogen) atoms. The van der Waals surface area contributed by atoms with Crippen LogP contribution in [0.1, 0.15) is 17.9 Å². The van der Waals surface area contributed by atoms with Gasteiger partial charge in [-0.2, -0.15) is 0 Å². The van der Waals surface area contributed by atoms with E-state index in [9.17, 15) is 4.79 Å². The topological polar surface area (TPSA) is 35.5 Å². The molecule has 1 aromatic carbocycles. The normalized spacial score (nSPS) is 26.2. The highest BCUT2D eigenvalue weighted by Crippen LogP contribution is 2.30. The molecule has 2 rings (SSSR count). The van der Waals surface area contributed by atoms with Crippen molar-refractivity contribution >= 4 is 5.97 Å². The van der Waals surface area contributed by atoms with Gasteiger partial charge in [-0.05, 0) is 5.56 Å². The van der Waals surface area contributed by atoms with Crippen LogP contribution in [0.25, 0.3) is 0 Å². The first kappa shape index (κ1) is 9.21. The van der Waals surface area contributed by atoms with E-state index in [1.54, 1.807) is 7.11 Å². The zero-order chi connectivity index (χ0) is 9.97. The summed E-state index contributed by atoms with van der Waals surface area (Å²) >= 11 is 0. The van der Waals surface area contributed by atoms with Gasteiger partial charge < -0.3 is 9.47 Å². The molecule has 1 aliphatic rings. The summed E-state index contributed by atoms with van der Waals surface area (Å²) in [5.74, 6) is -0.357. The third kappa shape index (κ3) is 1.63. The van der Waals surface area contributed by atoms with Crippen molar-refractivity contribution in [2.75, 3.05) is 7.11 Å². The van der Waals surface area contributed by atoms with Crippen LogP contribution < -0.4 is 0 Å². The molecule has 1 fully saturated rings. The van der Waals surface area contributed by atoms with E-state index >= 15 is 0 Å². The fourth-order valence-electron chi connectivity index (χ4n) is 1.65. The smallest absolute Gasteiger partial charge is 0.315 e. The molecule has 0 spiro atoms. The Morgan fingerprint density at radius 3 is 2.64 bits per heavy atom. The van der Waals surface area contributed by atoms with Gasteiger partial charge in [-0.25, -0.2) is 0 Å². The molecule has 0 bridgehead atoms. The lowest BCUT2D eigenvalue weighted by molar-refractivity contribution is -0.158. The predicted molar refractivity (Wildman–Crippen MR) is 50.7 cm³/mol. The van der Waals surface area contributed by atoms with Gasteiger partial charge in [-0.3, -0.25) is 4.79 Å². The number of carbonyl (C=O) groups excluding carboxylic acids is 1. The molecule has 3 nitrogen and oxygen atoms in total. The fraction of sp³-hybridized carbons (Fsp3) is 0.364. The van der Waals surface area contributed by atoms with Gasteiger partial charge in [-0.1, -0.05) is 30.3 Å². The Kier molecular flexibility index (Phi) is 2.50. The number of carbonyl (C=O) groups is 1. The Balaban J connectivity index is 2.17. The van der Waals surface area contributed by atoms with Crippen LogP contribution in [0.15, 0.2) is 30.3 Å². The van der Waals surface area contributed by atoms with Crippen molar-refractivity contribution in [3.63, 3.8) is 0 Å².